The fourth-order valence-corrected chi connectivity index (χ4v) is 4.40. The third-order valence-electron chi connectivity index (χ3n) is 5.59. The van der Waals surface area contributed by atoms with E-state index in [0.29, 0.717) is 33.0 Å². The van der Waals surface area contributed by atoms with E-state index in [2.05, 4.69) is 15.4 Å². The SMILES string of the molecule is COc1cc(C#N)ccc1Oc1ncc(-c2cnn(C)c2)c(C)c1C(=O)Nc1cccc([S@](C)(=N)=O)c1. The number of anilines is 1. The van der Waals surface area contributed by atoms with Crippen molar-refractivity contribution < 1.29 is 18.5 Å². The van der Waals surface area contributed by atoms with Gasteiger partial charge in [0.2, 0.25) is 5.88 Å². The Hall–Kier alpha value is -4.69. The zero-order valence-electron chi connectivity index (χ0n) is 20.6. The van der Waals surface area contributed by atoms with Crippen LogP contribution < -0.4 is 14.8 Å². The topological polar surface area (TPSA) is 143 Å². The number of ether oxygens (including phenoxy) is 2. The van der Waals surface area contributed by atoms with Crippen molar-refractivity contribution in [2.24, 2.45) is 7.05 Å². The first kappa shape index (κ1) is 25.4. The molecule has 2 heterocycles. The Morgan fingerprint density at radius 3 is 2.62 bits per heavy atom. The minimum Gasteiger partial charge on any atom is -0.493 e. The standard InChI is InChI=1S/C26H24N6O4S/c1-16-21(18-13-30-32(2)15-18)14-29-26(36-22-9-8-17(12-27)10-23(22)35-3)24(16)25(33)31-19-6-5-7-20(11-19)37(4,28)34/h5-11,13-15,28H,1-4H3,(H,31,33)/t37-/m1/s1. The van der Waals surface area contributed by atoms with Crippen LogP contribution in [0.25, 0.3) is 11.1 Å². The van der Waals surface area contributed by atoms with E-state index < -0.39 is 15.6 Å². The molecule has 10 nitrogen and oxygen atoms in total. The molecule has 0 spiro atoms. The first-order valence-electron chi connectivity index (χ1n) is 11.0. The van der Waals surface area contributed by atoms with Crippen molar-refractivity contribution in [2.45, 2.75) is 11.8 Å². The molecule has 2 N–H and O–H groups in total. The van der Waals surface area contributed by atoms with E-state index in [1.54, 1.807) is 61.4 Å². The predicted octanol–water partition coefficient (Wildman–Crippen LogP) is 4.75. The quantitative estimate of drug-likeness (QED) is 0.361. The number of pyridine rings is 1. The molecule has 2 aromatic carbocycles. The maximum absolute atomic E-state index is 13.6. The lowest BCUT2D eigenvalue weighted by Crippen LogP contribution is -2.16. The number of hydrogen-bond donors (Lipinski definition) is 2. The van der Waals surface area contributed by atoms with Gasteiger partial charge in [-0.25, -0.2) is 14.0 Å². The zero-order chi connectivity index (χ0) is 26.7. The molecule has 4 aromatic rings. The molecule has 4 rings (SSSR count). The van der Waals surface area contributed by atoms with Crippen molar-refractivity contribution in [1.82, 2.24) is 14.8 Å². The molecule has 1 amide bonds. The first-order valence-corrected chi connectivity index (χ1v) is 13.0. The third-order valence-corrected chi connectivity index (χ3v) is 6.74. The van der Waals surface area contributed by atoms with Crippen molar-refractivity contribution in [1.29, 1.82) is 10.0 Å². The van der Waals surface area contributed by atoms with E-state index in [9.17, 15) is 14.3 Å². The molecule has 0 aliphatic rings. The van der Waals surface area contributed by atoms with Gasteiger partial charge in [0.05, 0.1) is 34.7 Å². The van der Waals surface area contributed by atoms with Gasteiger partial charge in [0.15, 0.2) is 11.5 Å². The molecule has 0 bridgehead atoms. The van der Waals surface area contributed by atoms with E-state index in [4.69, 9.17) is 14.3 Å². The number of benzene rings is 2. The van der Waals surface area contributed by atoms with Crippen LogP contribution in [-0.2, 0) is 16.8 Å². The van der Waals surface area contributed by atoms with Gasteiger partial charge in [0, 0.05) is 53.5 Å². The Labute approximate surface area is 214 Å². The van der Waals surface area contributed by atoms with E-state index in [1.807, 2.05) is 12.3 Å². The average molecular weight is 517 g/mol. The smallest absolute Gasteiger partial charge is 0.261 e. The largest absolute Gasteiger partial charge is 0.493 e. The molecule has 0 radical (unpaired) electrons. The van der Waals surface area contributed by atoms with Crippen LogP contribution >= 0.6 is 0 Å². The highest BCUT2D eigenvalue weighted by Crippen LogP contribution is 2.36. The molecule has 1 atom stereocenters. The molecule has 188 valence electrons. The van der Waals surface area contributed by atoms with Crippen LogP contribution in [0, 0.1) is 23.0 Å². The lowest BCUT2D eigenvalue weighted by atomic mass is 10.0. The summed E-state index contributed by atoms with van der Waals surface area (Å²) in [6.07, 6.45) is 6.40. The van der Waals surface area contributed by atoms with Crippen LogP contribution in [0.3, 0.4) is 0 Å². The van der Waals surface area contributed by atoms with E-state index in [-0.39, 0.29) is 17.2 Å². The van der Waals surface area contributed by atoms with E-state index in [0.717, 1.165) is 5.56 Å². The molecule has 2 aromatic heterocycles. The van der Waals surface area contributed by atoms with Crippen molar-refractivity contribution in [2.75, 3.05) is 18.7 Å². The maximum atomic E-state index is 13.6. The molecule has 37 heavy (non-hydrogen) atoms. The Bertz CT molecular complexity index is 1650. The Morgan fingerprint density at radius 1 is 1.19 bits per heavy atom. The number of methoxy groups -OCH3 is 1. The number of nitrogens with one attached hydrogen (secondary N) is 2. The molecule has 0 saturated carbocycles. The molecule has 0 unspecified atom stereocenters. The molecular formula is C26H24N6O4S. The second-order valence-electron chi connectivity index (χ2n) is 8.28. The number of aromatic nitrogens is 3. The summed E-state index contributed by atoms with van der Waals surface area (Å²) in [4.78, 5) is 18.3. The summed E-state index contributed by atoms with van der Waals surface area (Å²) in [6.45, 7) is 1.78. The van der Waals surface area contributed by atoms with Gasteiger partial charge in [-0.05, 0) is 42.8 Å². The van der Waals surface area contributed by atoms with Crippen molar-refractivity contribution in [3.8, 4) is 34.6 Å². The van der Waals surface area contributed by atoms with Crippen LogP contribution in [-0.4, -0.2) is 38.2 Å². The van der Waals surface area contributed by atoms with Gasteiger partial charge in [-0.3, -0.25) is 9.48 Å². The summed E-state index contributed by atoms with van der Waals surface area (Å²) >= 11 is 0. The lowest BCUT2D eigenvalue weighted by Gasteiger charge is -2.17. The summed E-state index contributed by atoms with van der Waals surface area (Å²) < 4.78 is 33.1. The first-order chi connectivity index (χ1) is 17.6. The summed E-state index contributed by atoms with van der Waals surface area (Å²) in [6, 6.07) is 13.1. The van der Waals surface area contributed by atoms with Gasteiger partial charge in [-0.15, -0.1) is 0 Å². The Morgan fingerprint density at radius 2 is 1.97 bits per heavy atom. The van der Waals surface area contributed by atoms with Crippen molar-refractivity contribution in [3.05, 3.63) is 77.7 Å². The van der Waals surface area contributed by atoms with Crippen LogP contribution in [0.5, 0.6) is 17.4 Å². The van der Waals surface area contributed by atoms with Crippen molar-refractivity contribution in [3.63, 3.8) is 0 Å². The molecule has 0 saturated heterocycles. The highest BCUT2D eigenvalue weighted by Gasteiger charge is 2.23. The number of nitriles is 1. The second-order valence-corrected chi connectivity index (χ2v) is 10.4. The number of hydrogen-bond acceptors (Lipinski definition) is 8. The molecule has 0 aliphatic heterocycles. The number of rotatable bonds is 7. The summed E-state index contributed by atoms with van der Waals surface area (Å²) in [5, 5.41) is 16.2. The third kappa shape index (κ3) is 5.44. The van der Waals surface area contributed by atoms with Gasteiger partial charge in [-0.1, -0.05) is 6.07 Å². The Kier molecular flexibility index (Phi) is 6.95. The molecule has 0 aliphatic carbocycles. The monoisotopic (exact) mass is 516 g/mol. The van der Waals surface area contributed by atoms with Crippen LogP contribution in [0.1, 0.15) is 21.5 Å². The van der Waals surface area contributed by atoms with Gasteiger partial charge < -0.3 is 14.8 Å². The van der Waals surface area contributed by atoms with Gasteiger partial charge in [-0.2, -0.15) is 10.4 Å². The molecular weight excluding hydrogens is 492 g/mol. The van der Waals surface area contributed by atoms with Gasteiger partial charge in [0.1, 0.15) is 5.56 Å². The molecule has 0 fully saturated rings. The number of aryl methyl sites for hydroxylation is 1. The average Bonchev–Trinajstić information content (AvgIpc) is 3.29. The number of nitrogens with zero attached hydrogens (tertiary/aromatic N) is 4. The highest BCUT2D eigenvalue weighted by molar-refractivity contribution is 7.91. The minimum atomic E-state index is -2.97. The summed E-state index contributed by atoms with van der Waals surface area (Å²) in [5.41, 5.74) is 2.98. The highest BCUT2D eigenvalue weighted by atomic mass is 32.2. The number of carbonyl (C=O) groups is 1. The van der Waals surface area contributed by atoms with Crippen LogP contribution in [0.2, 0.25) is 0 Å². The predicted molar refractivity (Wildman–Crippen MR) is 138 cm³/mol. The van der Waals surface area contributed by atoms with Gasteiger partial charge in [0.25, 0.3) is 5.91 Å². The normalized spacial score (nSPS) is 12.3. The molecule has 11 heteroatoms. The van der Waals surface area contributed by atoms with E-state index >= 15 is 0 Å². The number of amides is 1. The second kappa shape index (κ2) is 10.1. The van der Waals surface area contributed by atoms with Crippen LogP contribution in [0.4, 0.5) is 5.69 Å². The van der Waals surface area contributed by atoms with Crippen LogP contribution in [0.15, 0.2) is 66.0 Å². The lowest BCUT2D eigenvalue weighted by molar-refractivity contribution is 0.102. The maximum Gasteiger partial charge on any atom is 0.261 e. The number of carbonyl (C=O) groups excluding carboxylic acids is 1. The Balaban J connectivity index is 1.80. The minimum absolute atomic E-state index is 0.0292. The van der Waals surface area contributed by atoms with Gasteiger partial charge >= 0.3 is 0 Å². The summed E-state index contributed by atoms with van der Waals surface area (Å²) in [5.74, 6) is 0.102. The van der Waals surface area contributed by atoms with E-state index in [1.165, 1.54) is 25.5 Å². The zero-order valence-corrected chi connectivity index (χ0v) is 21.4. The fraction of sp³-hybridized carbons (Fsp3) is 0.154. The summed E-state index contributed by atoms with van der Waals surface area (Å²) in [7, 11) is 0.271. The van der Waals surface area contributed by atoms with Crippen molar-refractivity contribution >= 4 is 21.3 Å². The fourth-order valence-electron chi connectivity index (χ4n) is 3.71.